The number of allylic oxidation sites excluding steroid dienone is 1. The van der Waals surface area contributed by atoms with Crippen LogP contribution in [-0.4, -0.2) is 44.5 Å². The number of Topliss-reactive ketones (excluding diaryl/α,β-unsaturated/α-hetero) is 2. The summed E-state index contributed by atoms with van der Waals surface area (Å²) in [4.78, 5) is 51.9. The molecule has 1 amide bonds. The number of fused-ring (bicyclic) bond motifs is 6. The summed E-state index contributed by atoms with van der Waals surface area (Å²) in [7, 11) is 0. The topological polar surface area (TPSA) is 111 Å². The van der Waals surface area contributed by atoms with E-state index in [1.54, 1.807) is 18.3 Å². The summed E-state index contributed by atoms with van der Waals surface area (Å²) in [6.45, 7) is 4.58. The van der Waals surface area contributed by atoms with Crippen LogP contribution < -0.4 is 4.90 Å². The quantitative estimate of drug-likeness (QED) is 0.270. The zero-order valence-corrected chi connectivity index (χ0v) is 24.7. The van der Waals surface area contributed by atoms with Gasteiger partial charge in [0, 0.05) is 23.3 Å². The van der Waals surface area contributed by atoms with Gasteiger partial charge < -0.3 is 4.74 Å². The molecule has 0 N–H and O–H groups in total. The van der Waals surface area contributed by atoms with Gasteiger partial charge in [0.15, 0.2) is 0 Å². The van der Waals surface area contributed by atoms with Gasteiger partial charge in [-0.15, -0.1) is 5.10 Å². The Morgan fingerprint density at radius 2 is 1.88 bits per heavy atom. The summed E-state index contributed by atoms with van der Waals surface area (Å²) in [5.74, 6) is 0.507. The van der Waals surface area contributed by atoms with Crippen molar-refractivity contribution in [1.29, 1.82) is 0 Å². The second kappa shape index (κ2) is 9.86. The van der Waals surface area contributed by atoms with Crippen LogP contribution in [-0.2, 0) is 32.2 Å². The summed E-state index contributed by atoms with van der Waals surface area (Å²) in [5, 5.41) is 8.54. The van der Waals surface area contributed by atoms with Crippen molar-refractivity contribution in [3.05, 3.63) is 52.3 Å². The number of benzene rings is 1. The van der Waals surface area contributed by atoms with E-state index in [0.29, 0.717) is 39.9 Å². The number of esters is 1. The molecule has 9 nitrogen and oxygen atoms in total. The van der Waals surface area contributed by atoms with Crippen LogP contribution in [0.3, 0.4) is 0 Å². The molecule has 4 aliphatic carbocycles. The van der Waals surface area contributed by atoms with Gasteiger partial charge in [0.1, 0.15) is 24.1 Å². The first kappa shape index (κ1) is 27.5. The first-order chi connectivity index (χ1) is 20.1. The van der Waals surface area contributed by atoms with E-state index in [4.69, 9.17) is 16.3 Å². The Labute approximate surface area is 249 Å². The van der Waals surface area contributed by atoms with E-state index in [2.05, 4.69) is 30.2 Å². The van der Waals surface area contributed by atoms with Crippen molar-refractivity contribution in [2.24, 2.45) is 28.6 Å². The molecule has 1 aromatic heterocycles. The second-order valence-electron chi connectivity index (χ2n) is 13.3. The molecule has 6 atom stereocenters. The fraction of sp³-hybridized carbons (Fsp3) is 0.562. The zero-order chi connectivity index (χ0) is 29.4. The predicted molar refractivity (Wildman–Crippen MR) is 154 cm³/mol. The number of ether oxygens (including phenoxy) is 1. The third kappa shape index (κ3) is 4.26. The Hall–Kier alpha value is -3.33. The summed E-state index contributed by atoms with van der Waals surface area (Å²) < 4.78 is 7.33. The number of hydrogen-bond acceptors (Lipinski definition) is 7. The minimum absolute atomic E-state index is 0.0555. The molecular formula is C32H35ClN4O5. The number of carbonyl (C=O) groups excluding carboxylic acids is 4. The molecule has 5 aliphatic rings. The minimum Gasteiger partial charge on any atom is -0.461 e. The van der Waals surface area contributed by atoms with E-state index in [0.717, 1.165) is 51.4 Å². The van der Waals surface area contributed by atoms with Crippen LogP contribution in [0, 0.1) is 28.6 Å². The van der Waals surface area contributed by atoms with Crippen LogP contribution >= 0.6 is 11.6 Å². The third-order valence-corrected chi connectivity index (χ3v) is 11.4. The van der Waals surface area contributed by atoms with Gasteiger partial charge in [-0.05, 0) is 79.9 Å². The Morgan fingerprint density at radius 3 is 2.71 bits per heavy atom. The molecule has 220 valence electrons. The van der Waals surface area contributed by atoms with Crippen molar-refractivity contribution in [2.45, 2.75) is 84.4 Å². The van der Waals surface area contributed by atoms with Crippen LogP contribution in [0.15, 0.2) is 36.0 Å². The smallest absolute Gasteiger partial charge is 0.328 e. The SMILES string of the molecule is C[C@]12CC[C@H](OC(=O)Cn3cc(CN4C(=O)C(=O)c5cc(Cl)ccc54)nn3)CC1=CC[C@@H]1[C@@H]2CC[C@]2(C)C(=O)CC[C@@H]12. The number of aromatic nitrogens is 3. The van der Waals surface area contributed by atoms with E-state index in [9.17, 15) is 19.2 Å². The first-order valence-electron chi connectivity index (χ1n) is 15.0. The van der Waals surface area contributed by atoms with Gasteiger partial charge in [0.25, 0.3) is 11.7 Å². The number of nitrogens with zero attached hydrogens (tertiary/aromatic N) is 4. The summed E-state index contributed by atoms with van der Waals surface area (Å²) in [5.41, 5.74) is 2.60. The molecule has 0 saturated heterocycles. The molecule has 42 heavy (non-hydrogen) atoms. The first-order valence-corrected chi connectivity index (χ1v) is 15.4. The van der Waals surface area contributed by atoms with Crippen LogP contribution in [0.1, 0.15) is 81.3 Å². The normalized spacial score (nSPS) is 33.5. The van der Waals surface area contributed by atoms with Gasteiger partial charge in [0.2, 0.25) is 0 Å². The molecule has 7 rings (SSSR count). The number of carbonyl (C=O) groups is 4. The lowest BCUT2D eigenvalue weighted by Gasteiger charge is -2.56. The van der Waals surface area contributed by atoms with E-state index in [1.807, 2.05) is 0 Å². The Kier molecular flexibility index (Phi) is 6.46. The molecule has 10 heteroatoms. The highest BCUT2D eigenvalue weighted by molar-refractivity contribution is 6.52. The summed E-state index contributed by atoms with van der Waals surface area (Å²) in [6.07, 6.45) is 11.3. The fourth-order valence-corrected chi connectivity index (χ4v) is 9.11. The van der Waals surface area contributed by atoms with E-state index in [1.165, 1.54) is 21.2 Å². The zero-order valence-electron chi connectivity index (χ0n) is 24.0. The van der Waals surface area contributed by atoms with Crippen molar-refractivity contribution in [3.8, 4) is 0 Å². The van der Waals surface area contributed by atoms with Crippen molar-refractivity contribution in [1.82, 2.24) is 15.0 Å². The van der Waals surface area contributed by atoms with E-state index >= 15 is 0 Å². The maximum Gasteiger partial charge on any atom is 0.328 e. The van der Waals surface area contributed by atoms with Gasteiger partial charge in [0.05, 0.1) is 24.0 Å². The largest absolute Gasteiger partial charge is 0.461 e. The van der Waals surface area contributed by atoms with E-state index < -0.39 is 11.7 Å². The predicted octanol–water partition coefficient (Wildman–Crippen LogP) is 5.10. The van der Waals surface area contributed by atoms with Gasteiger partial charge in [-0.3, -0.25) is 24.1 Å². The lowest BCUT2D eigenvalue weighted by Crippen LogP contribution is -2.50. The third-order valence-electron chi connectivity index (χ3n) is 11.2. The lowest BCUT2D eigenvalue weighted by atomic mass is 9.48. The molecule has 3 saturated carbocycles. The van der Waals surface area contributed by atoms with Crippen molar-refractivity contribution in [3.63, 3.8) is 0 Å². The van der Waals surface area contributed by atoms with Crippen molar-refractivity contribution >= 4 is 40.7 Å². The number of amides is 1. The molecule has 0 spiro atoms. The average molecular weight is 591 g/mol. The number of anilines is 1. The standard InChI is InChI=1S/C32H35ClN4O5/c1-31-11-9-21(13-18(31)3-5-22-24-6-8-27(38)32(24,2)12-10-25(22)31)42-28(39)17-36-15-20(34-35-36)16-37-26-7-4-19(33)14-23(26)29(40)30(37)41/h3-4,7,14-15,21-22,24-25H,5-6,8-13,16-17H2,1-2H3/t21-,22-,24-,25-,31-,32-/m0/s1. The molecule has 0 bridgehead atoms. The Morgan fingerprint density at radius 1 is 1.10 bits per heavy atom. The van der Waals surface area contributed by atoms with E-state index in [-0.39, 0.29) is 41.6 Å². The van der Waals surface area contributed by atoms with Crippen molar-refractivity contribution in [2.75, 3.05) is 4.90 Å². The number of halogens is 1. The minimum atomic E-state index is -0.646. The molecule has 0 radical (unpaired) electrons. The van der Waals surface area contributed by atoms with Crippen LogP contribution in [0.4, 0.5) is 5.69 Å². The molecular weight excluding hydrogens is 556 g/mol. The highest BCUT2D eigenvalue weighted by atomic mass is 35.5. The molecule has 1 aliphatic heterocycles. The Bertz CT molecular complexity index is 1550. The number of ketones is 2. The van der Waals surface area contributed by atoms with Crippen LogP contribution in [0.25, 0.3) is 0 Å². The Balaban J connectivity index is 0.971. The fourth-order valence-electron chi connectivity index (χ4n) is 8.93. The maximum atomic E-state index is 12.9. The average Bonchev–Trinajstić information content (AvgIpc) is 3.60. The molecule has 2 aromatic rings. The lowest BCUT2D eigenvalue weighted by molar-refractivity contribution is -0.152. The highest BCUT2D eigenvalue weighted by Gasteiger charge is 2.58. The number of rotatable bonds is 5. The van der Waals surface area contributed by atoms with Crippen LogP contribution in [0.5, 0.6) is 0 Å². The van der Waals surface area contributed by atoms with Gasteiger partial charge >= 0.3 is 5.97 Å². The number of hydrogen-bond donors (Lipinski definition) is 0. The molecule has 2 heterocycles. The molecule has 0 unspecified atom stereocenters. The summed E-state index contributed by atoms with van der Waals surface area (Å²) >= 11 is 6.00. The maximum absolute atomic E-state index is 12.9. The summed E-state index contributed by atoms with van der Waals surface area (Å²) in [6, 6.07) is 4.76. The molecule has 1 aromatic carbocycles. The van der Waals surface area contributed by atoms with Crippen molar-refractivity contribution < 1.29 is 23.9 Å². The van der Waals surface area contributed by atoms with Gasteiger partial charge in [-0.2, -0.15) is 0 Å². The monoisotopic (exact) mass is 590 g/mol. The highest BCUT2D eigenvalue weighted by Crippen LogP contribution is 2.64. The van der Waals surface area contributed by atoms with Gasteiger partial charge in [-0.25, -0.2) is 4.68 Å². The second-order valence-corrected chi connectivity index (χ2v) is 13.8. The van der Waals surface area contributed by atoms with Gasteiger partial charge in [-0.1, -0.05) is 42.3 Å². The van der Waals surface area contributed by atoms with Crippen LogP contribution in [0.2, 0.25) is 5.02 Å². The molecule has 3 fully saturated rings.